The SMILES string of the molecule is COc1cc(OC)c(/C=C(\C#N)C(=O)Nc2ccc(C)cc2)c(OC)c1. The highest BCUT2D eigenvalue weighted by Gasteiger charge is 2.16. The minimum atomic E-state index is -0.517. The quantitative estimate of drug-likeness (QED) is 0.635. The number of benzene rings is 2. The maximum Gasteiger partial charge on any atom is 0.266 e. The number of nitriles is 1. The summed E-state index contributed by atoms with van der Waals surface area (Å²) in [6.07, 6.45) is 1.43. The standard InChI is InChI=1S/C20H20N2O4/c1-13-5-7-15(8-6-13)22-20(23)14(12-21)9-17-18(25-3)10-16(24-2)11-19(17)26-4/h5-11H,1-4H3,(H,22,23)/b14-9+. The fourth-order valence-corrected chi connectivity index (χ4v) is 2.30. The van der Waals surface area contributed by atoms with E-state index in [1.165, 1.54) is 27.4 Å². The minimum Gasteiger partial charge on any atom is -0.496 e. The van der Waals surface area contributed by atoms with Gasteiger partial charge in [-0.05, 0) is 25.1 Å². The van der Waals surface area contributed by atoms with E-state index in [9.17, 15) is 10.1 Å². The molecule has 0 fully saturated rings. The molecule has 0 saturated heterocycles. The fraction of sp³-hybridized carbons (Fsp3) is 0.200. The van der Waals surface area contributed by atoms with E-state index in [2.05, 4.69) is 5.32 Å². The van der Waals surface area contributed by atoms with Gasteiger partial charge >= 0.3 is 0 Å². The molecule has 0 aromatic heterocycles. The topological polar surface area (TPSA) is 80.6 Å². The maximum atomic E-state index is 12.4. The number of hydrogen-bond acceptors (Lipinski definition) is 5. The molecule has 0 aliphatic heterocycles. The Bertz CT molecular complexity index is 839. The summed E-state index contributed by atoms with van der Waals surface area (Å²) in [5.41, 5.74) is 2.08. The van der Waals surface area contributed by atoms with Crippen LogP contribution in [0.15, 0.2) is 42.0 Å². The van der Waals surface area contributed by atoms with Gasteiger partial charge in [-0.15, -0.1) is 0 Å². The van der Waals surface area contributed by atoms with E-state index in [0.717, 1.165) is 5.56 Å². The Balaban J connectivity index is 2.40. The lowest BCUT2D eigenvalue weighted by atomic mass is 10.1. The number of carbonyl (C=O) groups is 1. The van der Waals surface area contributed by atoms with Gasteiger partial charge in [-0.2, -0.15) is 5.26 Å². The molecule has 26 heavy (non-hydrogen) atoms. The van der Waals surface area contributed by atoms with Crippen LogP contribution in [0.3, 0.4) is 0 Å². The Morgan fingerprint density at radius 2 is 1.62 bits per heavy atom. The van der Waals surface area contributed by atoms with Crippen LogP contribution >= 0.6 is 0 Å². The molecule has 0 saturated carbocycles. The number of anilines is 1. The lowest BCUT2D eigenvalue weighted by Crippen LogP contribution is -2.13. The molecule has 0 heterocycles. The van der Waals surface area contributed by atoms with E-state index in [1.807, 2.05) is 25.1 Å². The highest BCUT2D eigenvalue weighted by atomic mass is 16.5. The minimum absolute atomic E-state index is 0.0765. The number of nitrogens with one attached hydrogen (secondary N) is 1. The lowest BCUT2D eigenvalue weighted by molar-refractivity contribution is -0.112. The van der Waals surface area contributed by atoms with Crippen LogP contribution in [0.2, 0.25) is 0 Å². The van der Waals surface area contributed by atoms with Gasteiger partial charge in [-0.1, -0.05) is 17.7 Å². The van der Waals surface area contributed by atoms with Gasteiger partial charge in [0.15, 0.2) is 0 Å². The smallest absolute Gasteiger partial charge is 0.266 e. The predicted octanol–water partition coefficient (Wildman–Crippen LogP) is 3.57. The van der Waals surface area contributed by atoms with Gasteiger partial charge in [0, 0.05) is 17.8 Å². The number of aryl methyl sites for hydroxylation is 1. The molecule has 134 valence electrons. The van der Waals surface area contributed by atoms with Crippen molar-refractivity contribution in [3.05, 3.63) is 53.1 Å². The first-order valence-electron chi connectivity index (χ1n) is 7.82. The first-order valence-corrected chi connectivity index (χ1v) is 7.82. The Labute approximate surface area is 152 Å². The Morgan fingerprint density at radius 3 is 2.08 bits per heavy atom. The molecular formula is C20H20N2O4. The van der Waals surface area contributed by atoms with Crippen molar-refractivity contribution in [2.24, 2.45) is 0 Å². The van der Waals surface area contributed by atoms with Gasteiger partial charge in [-0.25, -0.2) is 0 Å². The number of ether oxygens (including phenoxy) is 3. The van der Waals surface area contributed by atoms with Crippen LogP contribution in [-0.2, 0) is 4.79 Å². The zero-order chi connectivity index (χ0) is 19.1. The number of carbonyl (C=O) groups excluding carboxylic acids is 1. The molecule has 6 nitrogen and oxygen atoms in total. The molecular weight excluding hydrogens is 332 g/mol. The van der Waals surface area contributed by atoms with Crippen LogP contribution in [0.25, 0.3) is 6.08 Å². The molecule has 0 unspecified atom stereocenters. The number of amides is 1. The summed E-state index contributed by atoms with van der Waals surface area (Å²) in [6.45, 7) is 1.95. The van der Waals surface area contributed by atoms with Crippen molar-refractivity contribution in [2.45, 2.75) is 6.92 Å². The van der Waals surface area contributed by atoms with Crippen molar-refractivity contribution >= 4 is 17.7 Å². The summed E-state index contributed by atoms with van der Waals surface area (Å²) in [4.78, 5) is 12.4. The second-order valence-electron chi connectivity index (χ2n) is 5.44. The molecule has 1 amide bonds. The second-order valence-corrected chi connectivity index (χ2v) is 5.44. The molecule has 2 rings (SSSR count). The average molecular weight is 352 g/mol. The van der Waals surface area contributed by atoms with Gasteiger partial charge in [0.05, 0.1) is 26.9 Å². The van der Waals surface area contributed by atoms with Crippen molar-refractivity contribution in [2.75, 3.05) is 26.6 Å². The molecule has 0 atom stereocenters. The zero-order valence-electron chi connectivity index (χ0n) is 15.1. The number of nitrogens with zero attached hydrogens (tertiary/aromatic N) is 1. The van der Waals surface area contributed by atoms with Crippen LogP contribution in [-0.4, -0.2) is 27.2 Å². The van der Waals surface area contributed by atoms with Gasteiger partial charge in [0.1, 0.15) is 28.9 Å². The molecule has 2 aromatic carbocycles. The van der Waals surface area contributed by atoms with Crippen molar-refractivity contribution in [1.82, 2.24) is 0 Å². The van der Waals surface area contributed by atoms with Crippen LogP contribution < -0.4 is 19.5 Å². The maximum absolute atomic E-state index is 12.4. The van der Waals surface area contributed by atoms with Crippen LogP contribution in [0.5, 0.6) is 17.2 Å². The zero-order valence-corrected chi connectivity index (χ0v) is 15.1. The van der Waals surface area contributed by atoms with Gasteiger partial charge in [-0.3, -0.25) is 4.79 Å². The van der Waals surface area contributed by atoms with Gasteiger partial charge in [0.25, 0.3) is 5.91 Å². The van der Waals surface area contributed by atoms with E-state index in [0.29, 0.717) is 28.5 Å². The summed E-state index contributed by atoms with van der Waals surface area (Å²) in [6, 6.07) is 12.5. The molecule has 2 aromatic rings. The number of methoxy groups -OCH3 is 3. The molecule has 1 N–H and O–H groups in total. The molecule has 0 bridgehead atoms. The monoisotopic (exact) mass is 352 g/mol. The van der Waals surface area contributed by atoms with E-state index in [-0.39, 0.29) is 5.57 Å². The highest BCUT2D eigenvalue weighted by Crippen LogP contribution is 2.35. The third kappa shape index (κ3) is 4.33. The molecule has 0 aliphatic carbocycles. The van der Waals surface area contributed by atoms with E-state index in [4.69, 9.17) is 14.2 Å². The van der Waals surface area contributed by atoms with Crippen LogP contribution in [0.1, 0.15) is 11.1 Å². The Morgan fingerprint density at radius 1 is 1.04 bits per heavy atom. The van der Waals surface area contributed by atoms with Crippen LogP contribution in [0.4, 0.5) is 5.69 Å². The molecule has 0 radical (unpaired) electrons. The number of rotatable bonds is 6. The van der Waals surface area contributed by atoms with E-state index in [1.54, 1.807) is 24.3 Å². The van der Waals surface area contributed by atoms with E-state index < -0.39 is 5.91 Å². The average Bonchev–Trinajstić information content (AvgIpc) is 2.67. The normalized spacial score (nSPS) is 10.7. The summed E-state index contributed by atoms with van der Waals surface area (Å²) >= 11 is 0. The van der Waals surface area contributed by atoms with Crippen LogP contribution in [0, 0.1) is 18.3 Å². The molecule has 0 spiro atoms. The van der Waals surface area contributed by atoms with Crippen molar-refractivity contribution < 1.29 is 19.0 Å². The van der Waals surface area contributed by atoms with Crippen molar-refractivity contribution in [3.63, 3.8) is 0 Å². The van der Waals surface area contributed by atoms with E-state index >= 15 is 0 Å². The number of hydrogen-bond donors (Lipinski definition) is 1. The first kappa shape index (κ1) is 18.9. The third-order valence-corrected chi connectivity index (χ3v) is 3.72. The van der Waals surface area contributed by atoms with Crippen molar-refractivity contribution in [1.29, 1.82) is 5.26 Å². The summed E-state index contributed by atoms with van der Waals surface area (Å²) < 4.78 is 15.9. The predicted molar refractivity (Wildman–Crippen MR) is 99.5 cm³/mol. The largest absolute Gasteiger partial charge is 0.496 e. The fourth-order valence-electron chi connectivity index (χ4n) is 2.30. The first-order chi connectivity index (χ1) is 12.5. The lowest BCUT2D eigenvalue weighted by Gasteiger charge is -2.13. The Kier molecular flexibility index (Phi) is 6.23. The third-order valence-electron chi connectivity index (χ3n) is 3.72. The van der Waals surface area contributed by atoms with Gasteiger partial charge < -0.3 is 19.5 Å². The molecule has 6 heteroatoms. The second kappa shape index (κ2) is 8.58. The Hall–Kier alpha value is -3.46. The molecule has 0 aliphatic rings. The summed E-state index contributed by atoms with van der Waals surface area (Å²) in [7, 11) is 4.51. The summed E-state index contributed by atoms with van der Waals surface area (Å²) in [5, 5.41) is 12.1. The highest BCUT2D eigenvalue weighted by molar-refractivity contribution is 6.10. The summed E-state index contributed by atoms with van der Waals surface area (Å²) in [5.74, 6) is 0.879. The van der Waals surface area contributed by atoms with Gasteiger partial charge in [0.2, 0.25) is 0 Å². The van der Waals surface area contributed by atoms with Crippen molar-refractivity contribution in [3.8, 4) is 23.3 Å².